The van der Waals surface area contributed by atoms with Gasteiger partial charge in [-0.2, -0.15) is 0 Å². The minimum absolute atomic E-state index is 0.0565. The Morgan fingerprint density at radius 1 is 1.09 bits per heavy atom. The molecule has 33 heavy (non-hydrogen) atoms. The summed E-state index contributed by atoms with van der Waals surface area (Å²) in [5, 5.41) is 13.2. The Morgan fingerprint density at radius 2 is 1.85 bits per heavy atom. The van der Waals surface area contributed by atoms with Crippen LogP contribution in [-0.2, 0) is 9.59 Å². The topological polar surface area (TPSA) is 76.1 Å². The van der Waals surface area contributed by atoms with Gasteiger partial charge in [-0.3, -0.25) is 14.5 Å². The van der Waals surface area contributed by atoms with Gasteiger partial charge in [-0.1, -0.05) is 25.1 Å². The highest BCUT2D eigenvalue weighted by Gasteiger charge is 2.48. The number of nitrogens with zero attached hydrogens (tertiary/aromatic N) is 1. The molecule has 4 rings (SSSR count). The van der Waals surface area contributed by atoms with Crippen LogP contribution in [0.15, 0.2) is 65.6 Å². The van der Waals surface area contributed by atoms with E-state index < -0.39 is 17.7 Å². The predicted molar refractivity (Wildman–Crippen MR) is 129 cm³/mol. The summed E-state index contributed by atoms with van der Waals surface area (Å²) in [4.78, 5) is 28.8. The third-order valence-electron chi connectivity index (χ3n) is 5.51. The van der Waals surface area contributed by atoms with Crippen LogP contribution in [0, 0.1) is 6.92 Å². The van der Waals surface area contributed by atoms with E-state index >= 15 is 0 Å². The lowest BCUT2D eigenvalue weighted by molar-refractivity contribution is -0.132. The number of carbonyl (C=O) groups is 2. The largest absolute Gasteiger partial charge is 0.507 e. The number of rotatable bonds is 7. The summed E-state index contributed by atoms with van der Waals surface area (Å²) >= 11 is 1.44. The summed E-state index contributed by atoms with van der Waals surface area (Å²) in [6.45, 7) is 4.48. The number of aliphatic hydroxyl groups excluding tert-OH is 1. The Hall–Kier alpha value is -3.58. The Labute approximate surface area is 196 Å². The maximum Gasteiger partial charge on any atom is 0.300 e. The molecule has 1 aliphatic heterocycles. The maximum atomic E-state index is 13.3. The first-order chi connectivity index (χ1) is 16.0. The maximum absolute atomic E-state index is 13.3. The molecule has 0 spiro atoms. The minimum Gasteiger partial charge on any atom is -0.507 e. The fourth-order valence-electron chi connectivity index (χ4n) is 3.88. The van der Waals surface area contributed by atoms with Crippen molar-refractivity contribution in [3.05, 3.63) is 81.6 Å². The molecule has 1 N–H and O–H groups in total. The van der Waals surface area contributed by atoms with Gasteiger partial charge in [0.2, 0.25) is 0 Å². The smallest absolute Gasteiger partial charge is 0.300 e. The van der Waals surface area contributed by atoms with E-state index in [1.54, 1.807) is 55.6 Å². The van der Waals surface area contributed by atoms with Crippen LogP contribution in [0.1, 0.15) is 35.4 Å². The Morgan fingerprint density at radius 3 is 2.55 bits per heavy atom. The van der Waals surface area contributed by atoms with E-state index in [4.69, 9.17) is 9.47 Å². The second kappa shape index (κ2) is 9.50. The number of ketones is 1. The van der Waals surface area contributed by atoms with Crippen LogP contribution < -0.4 is 14.4 Å². The molecule has 2 heterocycles. The number of methoxy groups -OCH3 is 1. The van der Waals surface area contributed by atoms with Gasteiger partial charge in [0.15, 0.2) is 0 Å². The third kappa shape index (κ3) is 4.24. The van der Waals surface area contributed by atoms with E-state index in [1.165, 1.54) is 16.2 Å². The van der Waals surface area contributed by atoms with Gasteiger partial charge in [0, 0.05) is 22.2 Å². The highest BCUT2D eigenvalue weighted by Crippen LogP contribution is 2.45. The van der Waals surface area contributed by atoms with E-state index in [0.717, 1.165) is 16.9 Å². The monoisotopic (exact) mass is 463 g/mol. The number of anilines is 1. The summed E-state index contributed by atoms with van der Waals surface area (Å²) in [5.41, 5.74) is 1.94. The van der Waals surface area contributed by atoms with Crippen LogP contribution in [-0.4, -0.2) is 30.5 Å². The molecule has 7 heteroatoms. The molecule has 0 radical (unpaired) electrons. The molecule has 1 fully saturated rings. The van der Waals surface area contributed by atoms with Crippen LogP contribution in [0.5, 0.6) is 11.5 Å². The molecule has 6 nitrogen and oxygen atoms in total. The number of Topliss-reactive ketones (excluding diaryl/α,β-unsaturated/α-hetero) is 1. The van der Waals surface area contributed by atoms with E-state index in [9.17, 15) is 14.7 Å². The average molecular weight is 464 g/mol. The molecule has 3 aromatic rings. The highest BCUT2D eigenvalue weighted by molar-refractivity contribution is 7.10. The van der Waals surface area contributed by atoms with Crippen LogP contribution in [0.2, 0.25) is 0 Å². The van der Waals surface area contributed by atoms with Gasteiger partial charge in [-0.25, -0.2) is 0 Å². The molecular weight excluding hydrogens is 438 g/mol. The van der Waals surface area contributed by atoms with Crippen LogP contribution >= 0.6 is 11.3 Å². The third-order valence-corrected chi connectivity index (χ3v) is 6.58. The normalized spacial score (nSPS) is 17.4. The number of amides is 1. The Kier molecular flexibility index (Phi) is 6.51. The van der Waals surface area contributed by atoms with E-state index in [1.807, 2.05) is 25.3 Å². The average Bonchev–Trinajstić information content (AvgIpc) is 3.37. The van der Waals surface area contributed by atoms with Crippen LogP contribution in [0.25, 0.3) is 5.76 Å². The lowest BCUT2D eigenvalue weighted by Gasteiger charge is -2.25. The number of ether oxygens (including phenoxy) is 2. The quantitative estimate of drug-likeness (QED) is 0.285. The molecule has 1 saturated heterocycles. The van der Waals surface area contributed by atoms with Crippen molar-refractivity contribution in [1.82, 2.24) is 0 Å². The number of hydrogen-bond donors (Lipinski definition) is 1. The van der Waals surface area contributed by atoms with Gasteiger partial charge in [-0.15, -0.1) is 11.3 Å². The van der Waals surface area contributed by atoms with Gasteiger partial charge in [0.1, 0.15) is 23.3 Å². The Balaban J connectivity index is 1.89. The number of aliphatic hydroxyl groups is 1. The van der Waals surface area contributed by atoms with Crippen LogP contribution in [0.3, 0.4) is 0 Å². The van der Waals surface area contributed by atoms with Crippen molar-refractivity contribution in [3.8, 4) is 11.5 Å². The van der Waals surface area contributed by atoms with Crippen molar-refractivity contribution >= 4 is 34.5 Å². The number of thiophene rings is 1. The molecule has 1 aliphatic rings. The molecule has 1 amide bonds. The molecule has 0 saturated carbocycles. The van der Waals surface area contributed by atoms with Crippen molar-refractivity contribution in [1.29, 1.82) is 0 Å². The number of benzene rings is 2. The first kappa shape index (κ1) is 22.6. The zero-order valence-electron chi connectivity index (χ0n) is 18.7. The minimum atomic E-state index is -0.752. The SMILES string of the molecule is CCCOc1cccc(/C(O)=C2/C(=O)C(=O)N(c3cccc(OC)c3)C2c2sccc2C)c1. The first-order valence-electron chi connectivity index (χ1n) is 10.7. The molecule has 0 bridgehead atoms. The van der Waals surface area contributed by atoms with Gasteiger partial charge >= 0.3 is 0 Å². The summed E-state index contributed by atoms with van der Waals surface area (Å²) in [6.07, 6.45) is 0.847. The van der Waals surface area contributed by atoms with E-state index in [2.05, 4.69) is 0 Å². The zero-order chi connectivity index (χ0) is 23.5. The van der Waals surface area contributed by atoms with Gasteiger partial charge in [0.25, 0.3) is 11.7 Å². The highest BCUT2D eigenvalue weighted by atomic mass is 32.1. The number of hydrogen-bond acceptors (Lipinski definition) is 6. The zero-order valence-corrected chi connectivity index (χ0v) is 19.5. The van der Waals surface area contributed by atoms with Crippen molar-refractivity contribution in [2.45, 2.75) is 26.3 Å². The van der Waals surface area contributed by atoms with E-state index in [0.29, 0.717) is 29.4 Å². The second-order valence-corrected chi connectivity index (χ2v) is 8.66. The van der Waals surface area contributed by atoms with Crippen molar-refractivity contribution in [2.24, 2.45) is 0 Å². The van der Waals surface area contributed by atoms with Crippen LogP contribution in [0.4, 0.5) is 5.69 Å². The molecule has 2 aromatic carbocycles. The lowest BCUT2D eigenvalue weighted by atomic mass is 9.98. The van der Waals surface area contributed by atoms with Crippen molar-refractivity contribution < 1.29 is 24.2 Å². The summed E-state index contributed by atoms with van der Waals surface area (Å²) in [6, 6.07) is 15.1. The molecule has 1 aromatic heterocycles. The summed E-state index contributed by atoms with van der Waals surface area (Å²) in [5.74, 6) is -0.490. The summed E-state index contributed by atoms with van der Waals surface area (Å²) < 4.78 is 11.0. The standard InChI is InChI=1S/C26H25NO5S/c1-4-12-32-20-10-5-7-17(14-20)23(28)21-22(25-16(2)11-13-33-25)27(26(30)24(21)29)18-8-6-9-19(15-18)31-3/h5-11,13-15,22,28H,4,12H2,1-3H3/b23-21-. The predicted octanol–water partition coefficient (Wildman–Crippen LogP) is 5.48. The number of aryl methyl sites for hydroxylation is 1. The lowest BCUT2D eigenvalue weighted by Crippen LogP contribution is -2.29. The van der Waals surface area contributed by atoms with Crippen molar-refractivity contribution in [3.63, 3.8) is 0 Å². The number of carbonyl (C=O) groups excluding carboxylic acids is 2. The molecule has 1 unspecified atom stereocenters. The molecule has 170 valence electrons. The van der Waals surface area contributed by atoms with Gasteiger partial charge in [-0.05, 0) is 54.6 Å². The molecule has 0 aliphatic carbocycles. The van der Waals surface area contributed by atoms with Gasteiger partial charge in [0.05, 0.1) is 19.3 Å². The fourth-order valence-corrected chi connectivity index (χ4v) is 4.91. The fraction of sp³-hybridized carbons (Fsp3) is 0.231. The second-order valence-electron chi connectivity index (χ2n) is 7.71. The van der Waals surface area contributed by atoms with Gasteiger partial charge < -0.3 is 14.6 Å². The molecule has 1 atom stereocenters. The summed E-state index contributed by atoms with van der Waals surface area (Å²) in [7, 11) is 1.54. The van der Waals surface area contributed by atoms with Crippen molar-refractivity contribution in [2.75, 3.05) is 18.6 Å². The van der Waals surface area contributed by atoms with E-state index in [-0.39, 0.29) is 11.3 Å². The molecular formula is C26H25NO5S. The first-order valence-corrected chi connectivity index (χ1v) is 11.6. The Bertz CT molecular complexity index is 1230.